The van der Waals surface area contributed by atoms with Gasteiger partial charge in [0.15, 0.2) is 0 Å². The van der Waals surface area contributed by atoms with Crippen molar-refractivity contribution >= 4 is 29.3 Å². The summed E-state index contributed by atoms with van der Waals surface area (Å²) in [5.74, 6) is -0.275. The number of aryl methyl sites for hydroxylation is 1. The molecule has 7 heteroatoms. The van der Waals surface area contributed by atoms with Gasteiger partial charge in [-0.2, -0.15) is 5.10 Å². The van der Waals surface area contributed by atoms with Crippen LogP contribution >= 0.6 is 11.8 Å². The first-order valence-electron chi connectivity index (χ1n) is 9.76. The maximum absolute atomic E-state index is 12.5. The van der Waals surface area contributed by atoms with E-state index >= 15 is 0 Å². The second kappa shape index (κ2) is 8.09. The number of carbonyl (C=O) groups excluding carboxylic acids is 2. The van der Waals surface area contributed by atoms with Gasteiger partial charge in [-0.15, -0.1) is 0 Å². The largest absolute Gasteiger partial charge is 0.329 e. The standard InChI is InChI=1S/C21H28N4O2S/c1-5-16-19(17(6-2)24(23-16)12-11-22)28-15-9-7-14(8-10-15)25-18(26)13-21(3,4)20(25)27/h7-10H,5-6,11-13,22H2,1-4H3. The van der Waals surface area contributed by atoms with Gasteiger partial charge in [0.1, 0.15) is 0 Å². The predicted octanol–water partition coefficient (Wildman–Crippen LogP) is 3.41. The van der Waals surface area contributed by atoms with Crippen molar-refractivity contribution in [2.45, 2.75) is 63.3 Å². The molecule has 2 heterocycles. The number of amides is 2. The fourth-order valence-corrected chi connectivity index (χ4v) is 4.70. The van der Waals surface area contributed by atoms with Gasteiger partial charge < -0.3 is 5.73 Å². The highest BCUT2D eigenvalue weighted by Gasteiger charge is 2.45. The van der Waals surface area contributed by atoms with Crippen LogP contribution in [0.4, 0.5) is 5.69 Å². The van der Waals surface area contributed by atoms with Crippen molar-refractivity contribution in [3.8, 4) is 0 Å². The predicted molar refractivity (Wildman–Crippen MR) is 111 cm³/mol. The molecule has 6 nitrogen and oxygen atoms in total. The van der Waals surface area contributed by atoms with E-state index < -0.39 is 5.41 Å². The molecule has 2 aromatic rings. The van der Waals surface area contributed by atoms with Gasteiger partial charge in [0.05, 0.1) is 33.9 Å². The Hall–Kier alpha value is -2.12. The SMILES string of the molecule is CCc1nn(CCN)c(CC)c1Sc1ccc(N2C(=O)CC(C)(C)C2=O)cc1. The maximum atomic E-state index is 12.5. The van der Waals surface area contributed by atoms with Gasteiger partial charge in [0, 0.05) is 17.9 Å². The zero-order valence-corrected chi connectivity index (χ0v) is 17.8. The number of benzene rings is 1. The Kier molecular flexibility index (Phi) is 5.95. The van der Waals surface area contributed by atoms with Crippen molar-refractivity contribution in [1.82, 2.24) is 9.78 Å². The lowest BCUT2D eigenvalue weighted by molar-refractivity contribution is -0.124. The van der Waals surface area contributed by atoms with Crippen LogP contribution in [0.15, 0.2) is 34.1 Å². The highest BCUT2D eigenvalue weighted by Crippen LogP contribution is 2.38. The summed E-state index contributed by atoms with van der Waals surface area (Å²) in [6.45, 7) is 9.14. The molecule has 0 radical (unpaired) electrons. The Bertz CT molecular complexity index is 887. The summed E-state index contributed by atoms with van der Waals surface area (Å²) in [7, 11) is 0. The first-order chi connectivity index (χ1) is 13.3. The number of hydrogen-bond acceptors (Lipinski definition) is 5. The van der Waals surface area contributed by atoms with Crippen LogP contribution in [0, 0.1) is 5.41 Å². The van der Waals surface area contributed by atoms with Crippen LogP contribution in [0.25, 0.3) is 0 Å². The molecule has 0 bridgehead atoms. The van der Waals surface area contributed by atoms with Gasteiger partial charge in [0.2, 0.25) is 11.8 Å². The lowest BCUT2D eigenvalue weighted by atomic mass is 9.92. The minimum atomic E-state index is -0.631. The average molecular weight is 401 g/mol. The number of hydrogen-bond donors (Lipinski definition) is 1. The first-order valence-corrected chi connectivity index (χ1v) is 10.6. The maximum Gasteiger partial charge on any atom is 0.239 e. The van der Waals surface area contributed by atoms with Crippen molar-refractivity contribution in [2.24, 2.45) is 11.1 Å². The molecule has 1 aromatic heterocycles. The van der Waals surface area contributed by atoms with E-state index in [0.29, 0.717) is 18.8 Å². The molecule has 3 rings (SSSR count). The summed E-state index contributed by atoms with van der Waals surface area (Å²) >= 11 is 1.68. The van der Waals surface area contributed by atoms with Gasteiger partial charge >= 0.3 is 0 Å². The van der Waals surface area contributed by atoms with Crippen LogP contribution < -0.4 is 10.6 Å². The van der Waals surface area contributed by atoms with E-state index in [1.165, 1.54) is 15.5 Å². The summed E-state index contributed by atoms with van der Waals surface area (Å²) in [6.07, 6.45) is 2.00. The third kappa shape index (κ3) is 3.73. The fraction of sp³-hybridized carbons (Fsp3) is 0.476. The molecule has 2 amide bonds. The van der Waals surface area contributed by atoms with Crippen LogP contribution in [0.5, 0.6) is 0 Å². The van der Waals surface area contributed by atoms with Crippen molar-refractivity contribution < 1.29 is 9.59 Å². The molecule has 0 atom stereocenters. The molecule has 0 saturated carbocycles. The van der Waals surface area contributed by atoms with E-state index in [1.54, 1.807) is 11.8 Å². The second-order valence-corrected chi connectivity index (χ2v) is 8.72. The monoisotopic (exact) mass is 400 g/mol. The van der Waals surface area contributed by atoms with Gasteiger partial charge in [-0.3, -0.25) is 19.2 Å². The van der Waals surface area contributed by atoms with Crippen LogP contribution in [0.3, 0.4) is 0 Å². The number of nitrogens with two attached hydrogens (primary N) is 1. The fourth-order valence-electron chi connectivity index (χ4n) is 3.53. The summed E-state index contributed by atoms with van der Waals surface area (Å²) in [5.41, 5.74) is 8.00. The minimum absolute atomic E-state index is 0.137. The molecular formula is C21H28N4O2S. The molecular weight excluding hydrogens is 372 g/mol. The summed E-state index contributed by atoms with van der Waals surface area (Å²) < 4.78 is 2.01. The van der Waals surface area contributed by atoms with E-state index in [0.717, 1.165) is 23.4 Å². The lowest BCUT2D eigenvalue weighted by Crippen LogP contribution is -2.32. The molecule has 28 heavy (non-hydrogen) atoms. The molecule has 0 unspecified atom stereocenters. The zero-order chi connectivity index (χ0) is 20.5. The molecule has 1 aromatic carbocycles. The molecule has 1 fully saturated rings. The minimum Gasteiger partial charge on any atom is -0.329 e. The molecule has 1 aliphatic heterocycles. The topological polar surface area (TPSA) is 81.2 Å². The highest BCUT2D eigenvalue weighted by molar-refractivity contribution is 7.99. The molecule has 1 aliphatic rings. The van der Waals surface area contributed by atoms with Crippen molar-refractivity contribution in [2.75, 3.05) is 11.4 Å². The number of imide groups is 1. The van der Waals surface area contributed by atoms with Gasteiger partial charge in [-0.05, 0) is 37.1 Å². The van der Waals surface area contributed by atoms with Crippen molar-refractivity contribution in [1.29, 1.82) is 0 Å². The average Bonchev–Trinajstić information content (AvgIpc) is 3.09. The van der Waals surface area contributed by atoms with Gasteiger partial charge in [-0.1, -0.05) is 39.5 Å². The van der Waals surface area contributed by atoms with E-state index in [4.69, 9.17) is 10.8 Å². The van der Waals surface area contributed by atoms with Crippen LogP contribution in [-0.2, 0) is 29.0 Å². The quantitative estimate of drug-likeness (QED) is 0.721. The zero-order valence-electron chi connectivity index (χ0n) is 17.0. The number of carbonyl (C=O) groups is 2. The summed E-state index contributed by atoms with van der Waals surface area (Å²) in [6, 6.07) is 7.62. The van der Waals surface area contributed by atoms with Crippen LogP contribution in [-0.4, -0.2) is 28.1 Å². The Morgan fingerprint density at radius 1 is 1.14 bits per heavy atom. The number of aromatic nitrogens is 2. The number of rotatable bonds is 7. The van der Waals surface area contributed by atoms with Crippen LogP contribution in [0.1, 0.15) is 45.5 Å². The Morgan fingerprint density at radius 2 is 1.82 bits per heavy atom. The highest BCUT2D eigenvalue weighted by atomic mass is 32.2. The lowest BCUT2D eigenvalue weighted by Gasteiger charge is -2.18. The molecule has 2 N–H and O–H groups in total. The van der Waals surface area contributed by atoms with Crippen molar-refractivity contribution in [3.05, 3.63) is 35.7 Å². The number of nitrogens with zero attached hydrogens (tertiary/aromatic N) is 3. The van der Waals surface area contributed by atoms with E-state index in [9.17, 15) is 9.59 Å². The number of anilines is 1. The van der Waals surface area contributed by atoms with E-state index in [1.807, 2.05) is 42.8 Å². The smallest absolute Gasteiger partial charge is 0.239 e. The third-order valence-corrected chi connectivity index (χ3v) is 6.21. The normalized spacial score (nSPS) is 16.2. The molecule has 1 saturated heterocycles. The Labute approximate surface area is 170 Å². The van der Waals surface area contributed by atoms with Gasteiger partial charge in [0.25, 0.3) is 0 Å². The Balaban J connectivity index is 1.86. The third-order valence-electron chi connectivity index (χ3n) is 5.03. The van der Waals surface area contributed by atoms with E-state index in [2.05, 4.69) is 13.8 Å². The van der Waals surface area contributed by atoms with Crippen LogP contribution in [0.2, 0.25) is 0 Å². The molecule has 0 aliphatic carbocycles. The van der Waals surface area contributed by atoms with E-state index in [-0.39, 0.29) is 18.2 Å². The Morgan fingerprint density at radius 3 is 2.32 bits per heavy atom. The van der Waals surface area contributed by atoms with Crippen molar-refractivity contribution in [3.63, 3.8) is 0 Å². The summed E-state index contributed by atoms with van der Waals surface area (Å²) in [5, 5.41) is 4.72. The summed E-state index contributed by atoms with van der Waals surface area (Å²) in [4.78, 5) is 28.4. The molecule has 0 spiro atoms. The van der Waals surface area contributed by atoms with Gasteiger partial charge in [-0.25, -0.2) is 0 Å². The second-order valence-electron chi connectivity index (χ2n) is 7.63. The molecule has 150 valence electrons. The first kappa shape index (κ1) is 20.6.